The lowest BCUT2D eigenvalue weighted by Crippen LogP contribution is -2.15. The van der Waals surface area contributed by atoms with E-state index >= 15 is 0 Å². The van der Waals surface area contributed by atoms with E-state index in [2.05, 4.69) is 36.5 Å². The highest BCUT2D eigenvalue weighted by Gasteiger charge is 2.16. The average molecular weight is 472 g/mol. The van der Waals surface area contributed by atoms with E-state index in [1.807, 2.05) is 0 Å². The van der Waals surface area contributed by atoms with Crippen LogP contribution in [-0.4, -0.2) is 28.9 Å². The van der Waals surface area contributed by atoms with E-state index in [0.29, 0.717) is 32.8 Å². The zero-order chi connectivity index (χ0) is 20.3. The van der Waals surface area contributed by atoms with E-state index in [-0.39, 0.29) is 18.0 Å². The molecule has 0 bridgehead atoms. The first-order valence-electron chi connectivity index (χ1n) is 7.99. The molecule has 0 radical (unpaired) electrons. The number of halogens is 4. The summed E-state index contributed by atoms with van der Waals surface area (Å²) in [7, 11) is 1.47. The largest absolute Gasteiger partial charge is 0.481 e. The summed E-state index contributed by atoms with van der Waals surface area (Å²) in [5.74, 6) is -1.76. The Balaban J connectivity index is 2.03. The summed E-state index contributed by atoms with van der Waals surface area (Å²) < 4.78 is 33.7. The molecule has 1 aromatic carbocycles. The molecule has 0 atom stereocenters. The Labute approximate surface area is 172 Å². The minimum Gasteiger partial charge on any atom is -0.481 e. The third-order valence-corrected chi connectivity index (χ3v) is 4.56. The molecule has 2 heterocycles. The molecule has 0 saturated heterocycles. The molecule has 10 heteroatoms. The number of nitrogens with one attached hydrogen (secondary N) is 2. The van der Waals surface area contributed by atoms with Crippen LogP contribution in [0.25, 0.3) is 11.0 Å². The van der Waals surface area contributed by atoms with Gasteiger partial charge in [-0.1, -0.05) is 15.9 Å². The number of hydrogen-bond acceptors (Lipinski definition) is 5. The van der Waals surface area contributed by atoms with E-state index in [1.165, 1.54) is 25.4 Å². The van der Waals surface area contributed by atoms with E-state index in [1.54, 1.807) is 12.1 Å². The molecule has 6 nitrogen and oxygen atoms in total. The number of alkyl halides is 1. The van der Waals surface area contributed by atoms with Crippen LogP contribution in [0.3, 0.4) is 0 Å². The number of benzene rings is 1. The van der Waals surface area contributed by atoms with Crippen molar-refractivity contribution in [2.45, 2.75) is 6.54 Å². The molecule has 0 aliphatic heterocycles. The molecule has 0 unspecified atom stereocenters. The lowest BCUT2D eigenvalue weighted by atomic mass is 10.1. The minimum atomic E-state index is -0.705. The van der Waals surface area contributed by atoms with Gasteiger partial charge in [-0.05, 0) is 18.2 Å². The van der Waals surface area contributed by atoms with Crippen molar-refractivity contribution in [2.24, 2.45) is 0 Å². The van der Waals surface area contributed by atoms with Crippen molar-refractivity contribution in [3.05, 3.63) is 52.1 Å². The predicted octanol–water partition coefficient (Wildman–Crippen LogP) is 4.47. The van der Waals surface area contributed by atoms with Crippen LogP contribution in [-0.2, 0) is 11.3 Å². The highest BCUT2D eigenvalue weighted by Crippen LogP contribution is 2.31. The number of fused-ring (bicyclic) bond motifs is 1. The molecule has 28 heavy (non-hydrogen) atoms. The molecule has 2 N–H and O–H groups in total. The molecule has 0 fully saturated rings. The number of aromatic nitrogens is 2. The van der Waals surface area contributed by atoms with Crippen LogP contribution in [0, 0.1) is 11.6 Å². The highest BCUT2D eigenvalue weighted by molar-refractivity contribution is 9.10. The molecule has 0 saturated carbocycles. The molecule has 0 aliphatic carbocycles. The number of carbonyl (C=O) groups excluding carboxylic acids is 1. The van der Waals surface area contributed by atoms with Crippen LogP contribution in [0.4, 0.5) is 20.2 Å². The van der Waals surface area contributed by atoms with E-state index in [0.717, 1.165) is 0 Å². The van der Waals surface area contributed by atoms with Crippen molar-refractivity contribution in [1.29, 1.82) is 0 Å². The maximum atomic E-state index is 14.2. The fourth-order valence-corrected chi connectivity index (χ4v) is 3.03. The van der Waals surface area contributed by atoms with E-state index in [9.17, 15) is 13.6 Å². The second-order valence-electron chi connectivity index (χ2n) is 5.66. The Bertz CT molecular complexity index is 1030. The highest BCUT2D eigenvalue weighted by atomic mass is 79.9. The third kappa shape index (κ3) is 4.31. The van der Waals surface area contributed by atoms with Gasteiger partial charge in [-0.25, -0.2) is 13.8 Å². The Kier molecular flexibility index (Phi) is 6.25. The summed E-state index contributed by atoms with van der Waals surface area (Å²) >= 11 is 8.60. The summed E-state index contributed by atoms with van der Waals surface area (Å²) in [5, 5.41) is 6.11. The van der Waals surface area contributed by atoms with Crippen molar-refractivity contribution < 1.29 is 18.3 Å². The van der Waals surface area contributed by atoms with Crippen molar-refractivity contribution in [1.82, 2.24) is 9.97 Å². The standard InChI is InChI=1S/C18H14BrClF2N4O2/c1-28-16-3-2-10-17(14(25-15(27)6-20)8-24-18(10)26-16)23-7-11-12(21)4-9(19)5-13(11)22/h2-5,8H,6-7H2,1H3,(H,25,27)(H,23,24,26). The zero-order valence-electron chi connectivity index (χ0n) is 14.5. The number of anilines is 2. The Morgan fingerprint density at radius 2 is 2.00 bits per heavy atom. The van der Waals surface area contributed by atoms with Crippen molar-refractivity contribution in [3.8, 4) is 5.88 Å². The molecule has 146 valence electrons. The lowest BCUT2D eigenvalue weighted by Gasteiger charge is -2.16. The smallest absolute Gasteiger partial charge is 0.239 e. The summed E-state index contributed by atoms with van der Waals surface area (Å²) in [6.07, 6.45) is 1.38. The van der Waals surface area contributed by atoms with Crippen molar-refractivity contribution >= 4 is 55.8 Å². The van der Waals surface area contributed by atoms with Crippen LogP contribution in [0.5, 0.6) is 5.88 Å². The van der Waals surface area contributed by atoms with E-state index in [4.69, 9.17) is 16.3 Å². The molecule has 0 spiro atoms. The van der Waals surface area contributed by atoms with Crippen LogP contribution in [0.2, 0.25) is 0 Å². The lowest BCUT2D eigenvalue weighted by molar-refractivity contribution is -0.113. The van der Waals surface area contributed by atoms with Gasteiger partial charge >= 0.3 is 0 Å². The summed E-state index contributed by atoms with van der Waals surface area (Å²) in [5.41, 5.74) is 0.898. The summed E-state index contributed by atoms with van der Waals surface area (Å²) in [4.78, 5) is 20.2. The number of nitrogens with zero attached hydrogens (tertiary/aromatic N) is 2. The van der Waals surface area contributed by atoms with Gasteiger partial charge in [0, 0.05) is 28.0 Å². The maximum absolute atomic E-state index is 14.2. The number of amides is 1. The monoisotopic (exact) mass is 470 g/mol. The molecule has 2 aromatic heterocycles. The third-order valence-electron chi connectivity index (χ3n) is 3.86. The fourth-order valence-electron chi connectivity index (χ4n) is 2.56. The molecular weight excluding hydrogens is 458 g/mol. The Hall–Kier alpha value is -2.52. The second-order valence-corrected chi connectivity index (χ2v) is 6.84. The van der Waals surface area contributed by atoms with Gasteiger partial charge < -0.3 is 15.4 Å². The maximum Gasteiger partial charge on any atom is 0.239 e. The molecule has 3 rings (SSSR count). The summed E-state index contributed by atoms with van der Waals surface area (Å²) in [6.45, 7) is -0.167. The predicted molar refractivity (Wildman–Crippen MR) is 107 cm³/mol. The van der Waals surface area contributed by atoms with Crippen LogP contribution >= 0.6 is 27.5 Å². The minimum absolute atomic E-state index is 0.149. The number of pyridine rings is 2. The second kappa shape index (κ2) is 8.66. The first-order valence-corrected chi connectivity index (χ1v) is 9.32. The van der Waals surface area contributed by atoms with Crippen LogP contribution in [0.1, 0.15) is 5.56 Å². The number of rotatable bonds is 6. The van der Waals surface area contributed by atoms with Crippen LogP contribution < -0.4 is 15.4 Å². The van der Waals surface area contributed by atoms with Gasteiger partial charge in [-0.2, -0.15) is 4.98 Å². The van der Waals surface area contributed by atoms with Crippen molar-refractivity contribution in [3.63, 3.8) is 0 Å². The average Bonchev–Trinajstić information content (AvgIpc) is 2.67. The molecule has 0 aliphatic rings. The summed E-state index contributed by atoms with van der Waals surface area (Å²) in [6, 6.07) is 5.64. The first-order chi connectivity index (χ1) is 13.4. The zero-order valence-corrected chi connectivity index (χ0v) is 16.9. The number of carbonyl (C=O) groups is 1. The normalized spacial score (nSPS) is 10.8. The molecule has 3 aromatic rings. The van der Waals surface area contributed by atoms with Gasteiger partial charge in [0.05, 0.1) is 24.7 Å². The van der Waals surface area contributed by atoms with Gasteiger partial charge in [-0.15, -0.1) is 11.6 Å². The van der Waals surface area contributed by atoms with Crippen LogP contribution in [0.15, 0.2) is 34.9 Å². The Morgan fingerprint density at radius 1 is 1.29 bits per heavy atom. The topological polar surface area (TPSA) is 76.1 Å². The molecular formula is C18H14BrClF2N4O2. The van der Waals surface area contributed by atoms with Gasteiger partial charge in [0.1, 0.15) is 17.5 Å². The number of methoxy groups -OCH3 is 1. The Morgan fingerprint density at radius 3 is 2.64 bits per heavy atom. The molecule has 1 amide bonds. The fraction of sp³-hybridized carbons (Fsp3) is 0.167. The quantitative estimate of drug-likeness (QED) is 0.519. The first kappa shape index (κ1) is 20.2. The van der Waals surface area contributed by atoms with Crippen molar-refractivity contribution in [2.75, 3.05) is 23.6 Å². The van der Waals surface area contributed by atoms with Gasteiger partial charge in [0.2, 0.25) is 11.8 Å². The number of hydrogen-bond donors (Lipinski definition) is 2. The van der Waals surface area contributed by atoms with E-state index < -0.39 is 17.5 Å². The SMILES string of the molecule is COc1ccc2c(NCc3c(F)cc(Br)cc3F)c(NC(=O)CCl)cnc2n1. The van der Waals surface area contributed by atoms with Gasteiger partial charge in [0.15, 0.2) is 5.65 Å². The van der Waals surface area contributed by atoms with Gasteiger partial charge in [0.25, 0.3) is 0 Å². The number of ether oxygens (including phenoxy) is 1. The van der Waals surface area contributed by atoms with Gasteiger partial charge in [-0.3, -0.25) is 4.79 Å².